The summed E-state index contributed by atoms with van der Waals surface area (Å²) in [4.78, 5) is 16.8. The van der Waals surface area contributed by atoms with E-state index >= 15 is 0 Å². The zero-order valence-corrected chi connectivity index (χ0v) is 13.8. The fourth-order valence-electron chi connectivity index (χ4n) is 2.74. The molecule has 1 aromatic heterocycles. The molecule has 0 fully saturated rings. The van der Waals surface area contributed by atoms with Gasteiger partial charge in [0.15, 0.2) is 0 Å². The van der Waals surface area contributed by atoms with Crippen LogP contribution < -0.4 is 5.32 Å². The van der Waals surface area contributed by atoms with E-state index in [2.05, 4.69) is 14.9 Å². The Balaban J connectivity index is 1.68. The van der Waals surface area contributed by atoms with Crippen molar-refractivity contribution in [1.29, 1.82) is 0 Å². The van der Waals surface area contributed by atoms with E-state index in [1.54, 1.807) is 0 Å². The SMILES string of the molecule is Cc1cccc(NC(=O)CCc2nc3ccccc3n2C)c1C. The number of nitrogens with one attached hydrogen (secondary N) is 1. The molecule has 0 unspecified atom stereocenters. The van der Waals surface area contributed by atoms with Crippen molar-refractivity contribution < 1.29 is 4.79 Å². The Morgan fingerprint density at radius 2 is 1.91 bits per heavy atom. The van der Waals surface area contributed by atoms with Crippen molar-refractivity contribution in [2.45, 2.75) is 26.7 Å². The number of rotatable bonds is 4. The lowest BCUT2D eigenvalue weighted by molar-refractivity contribution is -0.116. The van der Waals surface area contributed by atoms with Crippen LogP contribution in [0.5, 0.6) is 0 Å². The molecule has 4 nitrogen and oxygen atoms in total. The monoisotopic (exact) mass is 307 g/mol. The standard InChI is InChI=1S/C19H21N3O/c1-13-7-6-9-15(14(13)2)21-19(23)12-11-18-20-16-8-4-5-10-17(16)22(18)3/h4-10H,11-12H2,1-3H3,(H,21,23). The van der Waals surface area contributed by atoms with Crippen molar-refractivity contribution in [3.63, 3.8) is 0 Å². The maximum Gasteiger partial charge on any atom is 0.224 e. The summed E-state index contributed by atoms with van der Waals surface area (Å²) in [6, 6.07) is 14.0. The maximum absolute atomic E-state index is 12.2. The van der Waals surface area contributed by atoms with E-state index in [4.69, 9.17) is 0 Å². The number of carbonyl (C=O) groups is 1. The minimum absolute atomic E-state index is 0.0192. The van der Waals surface area contributed by atoms with E-state index in [0.29, 0.717) is 12.8 Å². The number of anilines is 1. The molecular weight excluding hydrogens is 286 g/mol. The minimum atomic E-state index is 0.0192. The van der Waals surface area contributed by atoms with Gasteiger partial charge in [0.2, 0.25) is 5.91 Å². The van der Waals surface area contributed by atoms with Crippen molar-refractivity contribution in [3.8, 4) is 0 Å². The average Bonchev–Trinajstić information content (AvgIpc) is 2.87. The molecule has 0 aliphatic heterocycles. The molecule has 0 aliphatic carbocycles. The second kappa shape index (κ2) is 6.24. The number of carbonyl (C=O) groups excluding carboxylic acids is 1. The Bertz CT molecular complexity index is 864. The predicted octanol–water partition coefficient (Wildman–Crippen LogP) is 3.76. The molecule has 2 aromatic carbocycles. The van der Waals surface area contributed by atoms with E-state index in [-0.39, 0.29) is 5.91 Å². The van der Waals surface area contributed by atoms with E-state index in [0.717, 1.165) is 28.1 Å². The fourth-order valence-corrected chi connectivity index (χ4v) is 2.74. The molecule has 4 heteroatoms. The van der Waals surface area contributed by atoms with Gasteiger partial charge in [-0.1, -0.05) is 24.3 Å². The number of hydrogen-bond donors (Lipinski definition) is 1. The first kappa shape index (κ1) is 15.3. The molecule has 1 amide bonds. The Hall–Kier alpha value is -2.62. The second-order valence-electron chi connectivity index (χ2n) is 5.87. The van der Waals surface area contributed by atoms with Crippen LogP contribution in [0, 0.1) is 13.8 Å². The van der Waals surface area contributed by atoms with Crippen LogP contribution in [-0.2, 0) is 18.3 Å². The van der Waals surface area contributed by atoms with E-state index in [9.17, 15) is 4.79 Å². The van der Waals surface area contributed by atoms with Gasteiger partial charge in [0.25, 0.3) is 0 Å². The van der Waals surface area contributed by atoms with Gasteiger partial charge in [0, 0.05) is 25.6 Å². The molecule has 0 saturated heterocycles. The van der Waals surface area contributed by atoms with Crippen molar-refractivity contribution in [2.24, 2.45) is 7.05 Å². The number of nitrogens with zero attached hydrogens (tertiary/aromatic N) is 2. The van der Waals surface area contributed by atoms with Crippen molar-refractivity contribution in [1.82, 2.24) is 9.55 Å². The molecule has 1 heterocycles. The topological polar surface area (TPSA) is 46.9 Å². The highest BCUT2D eigenvalue weighted by atomic mass is 16.1. The zero-order chi connectivity index (χ0) is 16.4. The number of amides is 1. The summed E-state index contributed by atoms with van der Waals surface area (Å²) in [6.07, 6.45) is 1.05. The van der Waals surface area contributed by atoms with Gasteiger partial charge in [0.05, 0.1) is 11.0 Å². The van der Waals surface area contributed by atoms with Gasteiger partial charge < -0.3 is 9.88 Å². The Labute approximate surface area is 136 Å². The van der Waals surface area contributed by atoms with E-state index in [1.165, 1.54) is 5.56 Å². The first-order valence-corrected chi connectivity index (χ1v) is 7.82. The lowest BCUT2D eigenvalue weighted by Crippen LogP contribution is -2.14. The lowest BCUT2D eigenvalue weighted by Gasteiger charge is -2.10. The molecular formula is C19H21N3O. The summed E-state index contributed by atoms with van der Waals surface area (Å²) in [5.74, 6) is 0.952. The summed E-state index contributed by atoms with van der Waals surface area (Å²) in [6.45, 7) is 4.07. The van der Waals surface area contributed by atoms with Crippen LogP contribution in [0.15, 0.2) is 42.5 Å². The lowest BCUT2D eigenvalue weighted by atomic mass is 10.1. The van der Waals surface area contributed by atoms with Crippen LogP contribution in [0.25, 0.3) is 11.0 Å². The third kappa shape index (κ3) is 3.11. The van der Waals surface area contributed by atoms with Gasteiger partial charge in [-0.25, -0.2) is 4.98 Å². The van der Waals surface area contributed by atoms with E-state index < -0.39 is 0 Å². The van der Waals surface area contributed by atoms with Gasteiger partial charge in [-0.05, 0) is 43.2 Å². The quantitative estimate of drug-likeness (QED) is 0.797. The van der Waals surface area contributed by atoms with Gasteiger partial charge in [-0.3, -0.25) is 4.79 Å². The largest absolute Gasteiger partial charge is 0.331 e. The number of benzene rings is 2. The van der Waals surface area contributed by atoms with Crippen molar-refractivity contribution >= 4 is 22.6 Å². The molecule has 0 bridgehead atoms. The number of aryl methyl sites for hydroxylation is 3. The third-order valence-corrected chi connectivity index (χ3v) is 4.33. The molecule has 3 aromatic rings. The smallest absolute Gasteiger partial charge is 0.224 e. The summed E-state index contributed by atoms with van der Waals surface area (Å²) in [5.41, 5.74) is 5.25. The van der Waals surface area contributed by atoms with Crippen LogP contribution in [0.3, 0.4) is 0 Å². The Morgan fingerprint density at radius 1 is 1.13 bits per heavy atom. The first-order chi connectivity index (χ1) is 11.1. The third-order valence-electron chi connectivity index (χ3n) is 4.33. The van der Waals surface area contributed by atoms with Crippen molar-refractivity contribution in [3.05, 3.63) is 59.4 Å². The first-order valence-electron chi connectivity index (χ1n) is 7.82. The van der Waals surface area contributed by atoms with Gasteiger partial charge >= 0.3 is 0 Å². The van der Waals surface area contributed by atoms with Crippen LogP contribution in [0.1, 0.15) is 23.4 Å². The summed E-state index contributed by atoms with van der Waals surface area (Å²) in [5, 5.41) is 3.00. The van der Waals surface area contributed by atoms with Gasteiger partial charge in [0.1, 0.15) is 5.82 Å². The summed E-state index contributed by atoms with van der Waals surface area (Å²) in [7, 11) is 1.99. The number of para-hydroxylation sites is 2. The summed E-state index contributed by atoms with van der Waals surface area (Å²) < 4.78 is 2.06. The molecule has 0 atom stereocenters. The van der Waals surface area contributed by atoms with Crippen LogP contribution in [0.4, 0.5) is 5.69 Å². The number of aromatic nitrogens is 2. The predicted molar refractivity (Wildman–Crippen MR) is 93.6 cm³/mol. The molecule has 0 radical (unpaired) electrons. The normalized spacial score (nSPS) is 10.9. The molecule has 0 saturated carbocycles. The fraction of sp³-hybridized carbons (Fsp3) is 0.263. The summed E-state index contributed by atoms with van der Waals surface area (Å²) >= 11 is 0. The second-order valence-corrected chi connectivity index (χ2v) is 5.87. The van der Waals surface area contributed by atoms with Crippen molar-refractivity contribution in [2.75, 3.05) is 5.32 Å². The van der Waals surface area contributed by atoms with Gasteiger partial charge in [-0.2, -0.15) is 0 Å². The average molecular weight is 307 g/mol. The molecule has 1 N–H and O–H groups in total. The molecule has 0 spiro atoms. The molecule has 0 aliphatic rings. The Kier molecular flexibility index (Phi) is 4.15. The van der Waals surface area contributed by atoms with Crippen LogP contribution in [0.2, 0.25) is 0 Å². The van der Waals surface area contributed by atoms with Gasteiger partial charge in [-0.15, -0.1) is 0 Å². The van der Waals surface area contributed by atoms with Crippen LogP contribution in [-0.4, -0.2) is 15.5 Å². The maximum atomic E-state index is 12.2. The number of imidazole rings is 1. The zero-order valence-electron chi connectivity index (χ0n) is 13.8. The molecule has 118 valence electrons. The highest BCUT2D eigenvalue weighted by Crippen LogP contribution is 2.19. The molecule has 3 rings (SSSR count). The van der Waals surface area contributed by atoms with Crippen LogP contribution >= 0.6 is 0 Å². The minimum Gasteiger partial charge on any atom is -0.331 e. The van der Waals surface area contributed by atoms with E-state index in [1.807, 2.05) is 63.4 Å². The molecule has 23 heavy (non-hydrogen) atoms. The number of fused-ring (bicyclic) bond motifs is 1. The highest BCUT2D eigenvalue weighted by Gasteiger charge is 2.10. The highest BCUT2D eigenvalue weighted by molar-refractivity contribution is 5.91. The number of hydrogen-bond acceptors (Lipinski definition) is 2. The Morgan fingerprint density at radius 3 is 2.70 bits per heavy atom.